The minimum atomic E-state index is -0.670. The first-order chi connectivity index (χ1) is 13.5. The third kappa shape index (κ3) is 3.21. The highest BCUT2D eigenvalue weighted by Gasteiger charge is 2.23. The van der Waals surface area contributed by atoms with Crippen molar-refractivity contribution in [2.75, 3.05) is 0 Å². The lowest BCUT2D eigenvalue weighted by atomic mass is 10.2. The van der Waals surface area contributed by atoms with Crippen LogP contribution >= 0.6 is 22.9 Å². The van der Waals surface area contributed by atoms with Crippen molar-refractivity contribution in [1.29, 1.82) is 0 Å². The molecule has 0 bridgehead atoms. The van der Waals surface area contributed by atoms with Crippen molar-refractivity contribution >= 4 is 44.6 Å². The zero-order valence-electron chi connectivity index (χ0n) is 15.5. The smallest absolute Gasteiger partial charge is 0.291 e. The second-order valence-electron chi connectivity index (χ2n) is 6.60. The predicted molar refractivity (Wildman–Crippen MR) is 112 cm³/mol. The number of rotatable bonds is 5. The number of benzene rings is 1. The minimum absolute atomic E-state index is 0.232. The fourth-order valence-electron chi connectivity index (χ4n) is 3.38. The summed E-state index contributed by atoms with van der Waals surface area (Å²) >= 11 is 7.47. The van der Waals surface area contributed by atoms with E-state index in [9.17, 15) is 9.59 Å². The van der Waals surface area contributed by atoms with Crippen LogP contribution in [-0.2, 0) is 11.3 Å². The summed E-state index contributed by atoms with van der Waals surface area (Å²) in [5, 5.41) is 9.99. The van der Waals surface area contributed by atoms with E-state index in [2.05, 4.69) is 10.4 Å². The average molecular weight is 415 g/mol. The summed E-state index contributed by atoms with van der Waals surface area (Å²) in [4.78, 5) is 25.8. The fourth-order valence-corrected chi connectivity index (χ4v) is 4.31. The van der Waals surface area contributed by atoms with Gasteiger partial charge in [-0.25, -0.2) is 4.68 Å². The Morgan fingerprint density at radius 2 is 2.00 bits per heavy atom. The molecule has 1 aromatic carbocycles. The molecule has 0 saturated carbocycles. The number of nitrogens with zero attached hydrogens (tertiary/aromatic N) is 3. The Morgan fingerprint density at radius 3 is 2.71 bits per heavy atom. The Balaban J connectivity index is 1.66. The normalized spacial score (nSPS) is 12.5. The molecule has 0 aliphatic rings. The summed E-state index contributed by atoms with van der Waals surface area (Å²) in [6.45, 7) is 4.08. The molecule has 3 aromatic heterocycles. The first-order valence-corrected chi connectivity index (χ1v) is 10.3. The van der Waals surface area contributed by atoms with Crippen molar-refractivity contribution < 1.29 is 4.79 Å². The Bertz CT molecular complexity index is 1220. The highest BCUT2D eigenvalue weighted by molar-refractivity contribution is 7.17. The zero-order valence-corrected chi connectivity index (χ0v) is 17.0. The van der Waals surface area contributed by atoms with Gasteiger partial charge >= 0.3 is 0 Å². The lowest BCUT2D eigenvalue weighted by Crippen LogP contribution is -2.39. The van der Waals surface area contributed by atoms with E-state index >= 15 is 0 Å². The van der Waals surface area contributed by atoms with Crippen molar-refractivity contribution in [3.05, 3.63) is 68.5 Å². The van der Waals surface area contributed by atoms with Crippen molar-refractivity contribution in [3.8, 4) is 0 Å². The van der Waals surface area contributed by atoms with E-state index in [-0.39, 0.29) is 11.5 Å². The van der Waals surface area contributed by atoms with Crippen LogP contribution in [0.1, 0.15) is 30.8 Å². The maximum atomic E-state index is 13.1. The number of thiophene rings is 1. The summed E-state index contributed by atoms with van der Waals surface area (Å²) in [5.74, 6) is 0.441. The van der Waals surface area contributed by atoms with Gasteiger partial charge in [0.1, 0.15) is 17.4 Å². The van der Waals surface area contributed by atoms with Gasteiger partial charge in [-0.2, -0.15) is 5.10 Å². The molecule has 0 aliphatic heterocycles. The maximum absolute atomic E-state index is 13.1. The van der Waals surface area contributed by atoms with E-state index in [0.717, 1.165) is 15.8 Å². The minimum Gasteiger partial charge on any atom is -0.350 e. The van der Waals surface area contributed by atoms with Crippen molar-refractivity contribution in [1.82, 2.24) is 19.5 Å². The van der Waals surface area contributed by atoms with E-state index in [1.807, 2.05) is 47.9 Å². The number of carbonyl (C=O) groups excluding carboxylic acids is 1. The largest absolute Gasteiger partial charge is 0.350 e. The summed E-state index contributed by atoms with van der Waals surface area (Å²) in [7, 11) is 0. The highest BCUT2D eigenvalue weighted by Crippen LogP contribution is 2.25. The molecule has 4 rings (SSSR count). The van der Waals surface area contributed by atoms with E-state index < -0.39 is 6.04 Å². The van der Waals surface area contributed by atoms with Gasteiger partial charge < -0.3 is 5.32 Å². The molecule has 0 saturated heterocycles. The van der Waals surface area contributed by atoms with Gasteiger partial charge in [0, 0.05) is 11.6 Å². The Kier molecular flexibility index (Phi) is 4.95. The first-order valence-electron chi connectivity index (χ1n) is 9.00. The quantitative estimate of drug-likeness (QED) is 0.537. The van der Waals surface area contributed by atoms with E-state index in [1.165, 1.54) is 4.68 Å². The summed E-state index contributed by atoms with van der Waals surface area (Å²) in [6, 6.07) is 10.4. The molecule has 1 amide bonds. The van der Waals surface area contributed by atoms with Crippen LogP contribution in [0.5, 0.6) is 0 Å². The van der Waals surface area contributed by atoms with E-state index in [4.69, 9.17) is 11.6 Å². The number of carbonyl (C=O) groups is 1. The number of nitrogens with one attached hydrogen (secondary N) is 1. The topological polar surface area (TPSA) is 68.4 Å². The molecule has 3 heterocycles. The van der Waals surface area contributed by atoms with E-state index in [1.54, 1.807) is 23.5 Å². The molecule has 6 nitrogen and oxygen atoms in total. The summed E-state index contributed by atoms with van der Waals surface area (Å²) < 4.78 is 4.19. The molecule has 0 fully saturated rings. The molecule has 1 N–H and O–H groups in total. The molecule has 8 heteroatoms. The molecule has 4 aromatic rings. The molecule has 0 radical (unpaired) electrons. The number of hydrogen-bond acceptors (Lipinski definition) is 4. The van der Waals surface area contributed by atoms with Crippen molar-refractivity contribution in [2.24, 2.45) is 0 Å². The molecule has 0 spiro atoms. The number of halogens is 1. The van der Waals surface area contributed by atoms with Crippen molar-refractivity contribution in [3.63, 3.8) is 0 Å². The lowest BCUT2D eigenvalue weighted by molar-refractivity contribution is -0.125. The molecule has 0 unspecified atom stereocenters. The standard InChI is InChI=1S/C20H19ClN4O2S/c1-3-15(19(26)22-11-13-4-6-14(21)7-5-13)25-20(27)17-10-18-16(8-9-28-18)24(17)12(2)23-25/h4-10,15H,3,11H2,1-2H3,(H,22,26)/t15-/m1/s1. The van der Waals surface area contributed by atoms with Crippen LogP contribution in [0.3, 0.4) is 0 Å². The van der Waals surface area contributed by atoms with Crippen LogP contribution in [0.4, 0.5) is 0 Å². The first kappa shape index (κ1) is 18.7. The number of hydrogen-bond donors (Lipinski definition) is 1. The third-order valence-electron chi connectivity index (χ3n) is 4.79. The maximum Gasteiger partial charge on any atom is 0.291 e. The monoisotopic (exact) mass is 414 g/mol. The SMILES string of the molecule is CC[C@H](C(=O)NCc1ccc(Cl)cc1)n1nc(C)n2c(cc3sccc32)c1=O. The summed E-state index contributed by atoms with van der Waals surface area (Å²) in [6.07, 6.45) is 0.462. The van der Waals surface area contributed by atoms with Crippen molar-refractivity contribution in [2.45, 2.75) is 32.9 Å². The van der Waals surface area contributed by atoms with Crippen LogP contribution in [0, 0.1) is 6.92 Å². The van der Waals surface area contributed by atoms with Gasteiger partial charge in [-0.05, 0) is 48.6 Å². The molecule has 144 valence electrons. The van der Waals surface area contributed by atoms with Gasteiger partial charge in [0.2, 0.25) is 5.91 Å². The Labute approximate surface area is 170 Å². The third-order valence-corrected chi connectivity index (χ3v) is 5.90. The van der Waals surface area contributed by atoms with Crippen LogP contribution < -0.4 is 10.9 Å². The second kappa shape index (κ2) is 7.41. The molecule has 28 heavy (non-hydrogen) atoms. The molecular formula is C20H19ClN4O2S. The number of amides is 1. The Morgan fingerprint density at radius 1 is 1.25 bits per heavy atom. The highest BCUT2D eigenvalue weighted by atomic mass is 35.5. The number of fused-ring (bicyclic) bond motifs is 3. The van der Waals surface area contributed by atoms with E-state index in [0.29, 0.717) is 29.3 Å². The van der Waals surface area contributed by atoms with Crippen LogP contribution in [0.25, 0.3) is 15.7 Å². The van der Waals surface area contributed by atoms with Crippen LogP contribution in [0.2, 0.25) is 5.02 Å². The zero-order chi connectivity index (χ0) is 19.8. The lowest BCUT2D eigenvalue weighted by Gasteiger charge is -2.18. The van der Waals surface area contributed by atoms with Crippen LogP contribution in [0.15, 0.2) is 46.6 Å². The molecule has 0 aliphatic carbocycles. The predicted octanol–water partition coefficient (Wildman–Crippen LogP) is 3.94. The van der Waals surface area contributed by atoms with Gasteiger partial charge in [-0.15, -0.1) is 11.3 Å². The molecular weight excluding hydrogens is 396 g/mol. The number of aryl methyl sites for hydroxylation is 1. The summed E-state index contributed by atoms with van der Waals surface area (Å²) in [5.41, 5.74) is 2.18. The Hall–Kier alpha value is -2.64. The fraction of sp³-hybridized carbons (Fsp3) is 0.250. The van der Waals surface area contributed by atoms with Gasteiger partial charge in [0.15, 0.2) is 0 Å². The van der Waals surface area contributed by atoms with Crippen LogP contribution in [-0.4, -0.2) is 20.1 Å². The molecule has 1 atom stereocenters. The van der Waals surface area contributed by atoms with Gasteiger partial charge in [-0.3, -0.25) is 14.0 Å². The number of aromatic nitrogens is 3. The van der Waals surface area contributed by atoms with Gasteiger partial charge in [-0.1, -0.05) is 30.7 Å². The van der Waals surface area contributed by atoms with Gasteiger partial charge in [0.25, 0.3) is 5.56 Å². The van der Waals surface area contributed by atoms with Gasteiger partial charge in [0.05, 0.1) is 10.2 Å². The average Bonchev–Trinajstić information content (AvgIpc) is 3.27. The second-order valence-corrected chi connectivity index (χ2v) is 7.98.